The third-order valence-corrected chi connectivity index (χ3v) is 9.28. The number of anilines is 1. The molecule has 1 aromatic carbocycles. The van der Waals surface area contributed by atoms with Crippen molar-refractivity contribution in [2.24, 2.45) is 11.8 Å². The van der Waals surface area contributed by atoms with Gasteiger partial charge in [-0.05, 0) is 69.6 Å². The molecule has 3 fully saturated rings. The Bertz CT molecular complexity index is 1170. The van der Waals surface area contributed by atoms with E-state index in [9.17, 15) is 19.5 Å². The SMILES string of the molecule is C=CCCOC(=O)[C@H]1[C@H]2C(=O)N(CCCCCCO)C(C(=O)N(CC=C)c3cc(C)ccc3C)C23CC[C@]1(CC)O3. The van der Waals surface area contributed by atoms with Crippen LogP contribution in [0.1, 0.15) is 69.4 Å². The lowest BCUT2D eigenvalue weighted by Gasteiger charge is -2.37. The van der Waals surface area contributed by atoms with Crippen molar-refractivity contribution < 1.29 is 29.0 Å². The molecule has 8 nitrogen and oxygen atoms in total. The molecule has 0 radical (unpaired) electrons. The van der Waals surface area contributed by atoms with Gasteiger partial charge in [-0.15, -0.1) is 13.2 Å². The number of aliphatic hydroxyl groups is 1. The number of nitrogens with zero attached hydrogens (tertiary/aromatic N) is 2. The fourth-order valence-electron chi connectivity index (χ4n) is 7.27. The number of esters is 1. The third-order valence-electron chi connectivity index (χ3n) is 9.28. The van der Waals surface area contributed by atoms with E-state index in [0.717, 1.165) is 29.7 Å². The summed E-state index contributed by atoms with van der Waals surface area (Å²) >= 11 is 0. The molecule has 3 aliphatic heterocycles. The van der Waals surface area contributed by atoms with Crippen LogP contribution >= 0.6 is 0 Å². The van der Waals surface area contributed by atoms with Crippen molar-refractivity contribution in [3.63, 3.8) is 0 Å². The molecule has 4 rings (SSSR count). The van der Waals surface area contributed by atoms with Crippen molar-refractivity contribution in [1.29, 1.82) is 0 Å². The highest BCUT2D eigenvalue weighted by molar-refractivity contribution is 6.05. The van der Waals surface area contributed by atoms with Crippen LogP contribution in [-0.2, 0) is 23.9 Å². The molecule has 1 aromatic rings. The number of benzene rings is 1. The molecule has 3 heterocycles. The van der Waals surface area contributed by atoms with Gasteiger partial charge in [0, 0.05) is 25.4 Å². The number of ether oxygens (including phenoxy) is 2. The van der Waals surface area contributed by atoms with Crippen molar-refractivity contribution in [2.45, 2.75) is 89.4 Å². The van der Waals surface area contributed by atoms with Crippen LogP contribution in [-0.4, -0.2) is 71.3 Å². The number of amides is 2. The molecule has 41 heavy (non-hydrogen) atoms. The molecule has 224 valence electrons. The first-order chi connectivity index (χ1) is 19.7. The van der Waals surface area contributed by atoms with Crippen molar-refractivity contribution in [1.82, 2.24) is 4.90 Å². The second-order valence-corrected chi connectivity index (χ2v) is 11.8. The number of carbonyl (C=O) groups is 3. The summed E-state index contributed by atoms with van der Waals surface area (Å²) in [5.74, 6) is -2.38. The Morgan fingerprint density at radius 2 is 1.93 bits per heavy atom. The van der Waals surface area contributed by atoms with E-state index in [0.29, 0.717) is 45.1 Å². The van der Waals surface area contributed by atoms with Gasteiger partial charge in [0.2, 0.25) is 5.91 Å². The number of unbranched alkanes of at least 4 members (excludes halogenated alkanes) is 3. The summed E-state index contributed by atoms with van der Waals surface area (Å²) in [6, 6.07) is 5.13. The van der Waals surface area contributed by atoms with Crippen LogP contribution in [0, 0.1) is 25.7 Å². The second kappa shape index (κ2) is 12.9. The summed E-state index contributed by atoms with van der Waals surface area (Å²) in [6.45, 7) is 14.5. The summed E-state index contributed by atoms with van der Waals surface area (Å²) < 4.78 is 12.5. The van der Waals surface area contributed by atoms with E-state index >= 15 is 0 Å². The Balaban J connectivity index is 1.76. The van der Waals surface area contributed by atoms with Gasteiger partial charge in [-0.2, -0.15) is 0 Å². The summed E-state index contributed by atoms with van der Waals surface area (Å²) in [4.78, 5) is 46.1. The molecule has 2 bridgehead atoms. The fourth-order valence-corrected chi connectivity index (χ4v) is 7.27. The molecule has 2 amide bonds. The van der Waals surface area contributed by atoms with E-state index in [4.69, 9.17) is 9.47 Å². The highest BCUT2D eigenvalue weighted by Gasteiger charge is 2.79. The molecule has 1 spiro atoms. The van der Waals surface area contributed by atoms with Gasteiger partial charge >= 0.3 is 5.97 Å². The van der Waals surface area contributed by atoms with Crippen LogP contribution in [0.3, 0.4) is 0 Å². The van der Waals surface area contributed by atoms with Crippen LogP contribution in [0.2, 0.25) is 0 Å². The monoisotopic (exact) mass is 566 g/mol. The number of fused-ring (bicyclic) bond motifs is 1. The number of rotatable bonds is 15. The van der Waals surface area contributed by atoms with Gasteiger partial charge in [0.15, 0.2) is 0 Å². The van der Waals surface area contributed by atoms with E-state index in [1.165, 1.54) is 0 Å². The number of aryl methyl sites for hydroxylation is 2. The predicted octanol–water partition coefficient (Wildman–Crippen LogP) is 4.65. The van der Waals surface area contributed by atoms with E-state index < -0.39 is 35.0 Å². The summed E-state index contributed by atoms with van der Waals surface area (Å²) in [6.07, 6.45) is 8.63. The minimum absolute atomic E-state index is 0.129. The molecule has 0 aliphatic carbocycles. The van der Waals surface area contributed by atoms with Gasteiger partial charge in [0.1, 0.15) is 17.6 Å². The molecule has 1 N–H and O–H groups in total. The quantitative estimate of drug-likeness (QED) is 0.189. The molecule has 2 unspecified atom stereocenters. The Labute approximate surface area is 244 Å². The smallest absolute Gasteiger partial charge is 0.312 e. The van der Waals surface area contributed by atoms with Crippen molar-refractivity contribution in [3.8, 4) is 0 Å². The molecule has 0 saturated carbocycles. The summed E-state index contributed by atoms with van der Waals surface area (Å²) in [5, 5.41) is 9.19. The van der Waals surface area contributed by atoms with Gasteiger partial charge in [0.05, 0.1) is 18.1 Å². The van der Waals surface area contributed by atoms with Crippen LogP contribution in [0.25, 0.3) is 0 Å². The molecule has 0 aromatic heterocycles. The zero-order valence-electron chi connectivity index (χ0n) is 24.9. The molecular formula is C33H46N2O6. The van der Waals surface area contributed by atoms with Gasteiger partial charge in [-0.25, -0.2) is 0 Å². The van der Waals surface area contributed by atoms with Crippen molar-refractivity contribution in [3.05, 3.63) is 54.6 Å². The average molecular weight is 567 g/mol. The topological polar surface area (TPSA) is 96.4 Å². The third kappa shape index (κ3) is 5.48. The largest absolute Gasteiger partial charge is 0.465 e. The van der Waals surface area contributed by atoms with Gasteiger partial charge < -0.3 is 24.4 Å². The van der Waals surface area contributed by atoms with E-state index in [2.05, 4.69) is 13.2 Å². The lowest BCUT2D eigenvalue weighted by Crippen LogP contribution is -2.56. The van der Waals surface area contributed by atoms with Gasteiger partial charge in [0.25, 0.3) is 5.91 Å². The maximum absolute atomic E-state index is 14.7. The first-order valence-corrected chi connectivity index (χ1v) is 15.1. The normalized spacial score (nSPS) is 28.0. The fraction of sp³-hybridized carbons (Fsp3) is 0.606. The lowest BCUT2D eigenvalue weighted by molar-refractivity contribution is -0.160. The highest BCUT2D eigenvalue weighted by Crippen LogP contribution is 2.64. The van der Waals surface area contributed by atoms with Crippen LogP contribution in [0.4, 0.5) is 5.69 Å². The molecule has 5 atom stereocenters. The van der Waals surface area contributed by atoms with Gasteiger partial charge in [-0.3, -0.25) is 14.4 Å². The average Bonchev–Trinajstić information content (AvgIpc) is 3.56. The van der Waals surface area contributed by atoms with Crippen LogP contribution in [0.5, 0.6) is 0 Å². The van der Waals surface area contributed by atoms with Crippen LogP contribution < -0.4 is 4.90 Å². The number of hydrogen-bond donors (Lipinski definition) is 1. The molecular weight excluding hydrogens is 520 g/mol. The standard InChI is InChI=1S/C33H46N2O6/c1-6-9-21-40-31(39)27-26-29(37)35(19-12-10-11-13-20-36)28(33(26)17-16-32(27,8-3)41-33)30(38)34(18-7-2)25-22-23(4)14-15-24(25)5/h6-7,14-15,22,26-28,36H,1-2,8-13,16-21H2,3-5H3/t26-,27+,28?,32-,33?/m0/s1. The van der Waals surface area contributed by atoms with E-state index in [-0.39, 0.29) is 31.6 Å². The molecule has 8 heteroatoms. The maximum atomic E-state index is 14.7. The Morgan fingerprint density at radius 1 is 1.17 bits per heavy atom. The summed E-state index contributed by atoms with van der Waals surface area (Å²) in [5.41, 5.74) is 0.819. The number of carbonyl (C=O) groups excluding carboxylic acids is 3. The highest BCUT2D eigenvalue weighted by atomic mass is 16.6. The first kappa shape index (κ1) is 31.0. The molecule has 3 aliphatic rings. The second-order valence-electron chi connectivity index (χ2n) is 11.8. The van der Waals surface area contributed by atoms with Crippen LogP contribution in [0.15, 0.2) is 43.5 Å². The number of aliphatic hydroxyl groups excluding tert-OH is 1. The van der Waals surface area contributed by atoms with Gasteiger partial charge in [-0.1, -0.05) is 44.1 Å². The number of likely N-dealkylation sites (tertiary alicyclic amines) is 1. The summed E-state index contributed by atoms with van der Waals surface area (Å²) in [7, 11) is 0. The Morgan fingerprint density at radius 3 is 2.61 bits per heavy atom. The van der Waals surface area contributed by atoms with E-state index in [1.807, 2.05) is 39.0 Å². The first-order valence-electron chi connectivity index (χ1n) is 15.1. The lowest BCUT2D eigenvalue weighted by atomic mass is 9.65. The minimum atomic E-state index is -1.10. The van der Waals surface area contributed by atoms with Crippen molar-refractivity contribution in [2.75, 3.05) is 31.2 Å². The van der Waals surface area contributed by atoms with E-state index in [1.54, 1.807) is 22.0 Å². The molecule has 3 saturated heterocycles. The number of hydrogen-bond acceptors (Lipinski definition) is 6. The van der Waals surface area contributed by atoms with Crippen molar-refractivity contribution >= 4 is 23.5 Å². The predicted molar refractivity (Wildman–Crippen MR) is 158 cm³/mol. The minimum Gasteiger partial charge on any atom is -0.465 e. The zero-order valence-corrected chi connectivity index (χ0v) is 24.9. The zero-order chi connectivity index (χ0) is 29.8. The Hall–Kier alpha value is -2.97. The maximum Gasteiger partial charge on any atom is 0.312 e. The Kier molecular flexibility index (Phi) is 9.75.